The molecule has 4 N–H and O–H groups in total. The van der Waals surface area contributed by atoms with E-state index in [0.29, 0.717) is 24.4 Å². The van der Waals surface area contributed by atoms with Crippen LogP contribution in [-0.2, 0) is 14.3 Å². The third-order valence-corrected chi connectivity index (χ3v) is 4.65. The molecule has 1 aromatic rings. The van der Waals surface area contributed by atoms with Crippen molar-refractivity contribution in [3.63, 3.8) is 0 Å². The summed E-state index contributed by atoms with van der Waals surface area (Å²) < 4.78 is 10.1. The van der Waals surface area contributed by atoms with E-state index in [1.54, 1.807) is 6.08 Å². The highest BCUT2D eigenvalue weighted by molar-refractivity contribution is 5.97. The van der Waals surface area contributed by atoms with E-state index < -0.39 is 0 Å². The van der Waals surface area contributed by atoms with Crippen molar-refractivity contribution in [2.75, 3.05) is 26.8 Å². The number of allylic oxidation sites excluding steroid dienone is 4. The summed E-state index contributed by atoms with van der Waals surface area (Å²) in [5.74, 6) is 5.54. The lowest BCUT2D eigenvalue weighted by Gasteiger charge is -2.16. The zero-order chi connectivity index (χ0) is 24.5. The number of amidine groups is 1. The Labute approximate surface area is 197 Å². The molecule has 180 valence electrons. The van der Waals surface area contributed by atoms with Crippen LogP contribution in [0.4, 0.5) is 0 Å². The third kappa shape index (κ3) is 10.1. The number of esters is 1. The van der Waals surface area contributed by atoms with E-state index in [1.165, 1.54) is 7.11 Å². The van der Waals surface area contributed by atoms with Gasteiger partial charge in [0.1, 0.15) is 12.4 Å². The molecule has 8 nitrogen and oxygen atoms in total. The predicted octanol–water partition coefficient (Wildman–Crippen LogP) is 4.95. The maximum atomic E-state index is 10.2. The molecule has 2 rings (SSSR count). The minimum absolute atomic E-state index is 0. The van der Waals surface area contributed by atoms with Crippen LogP contribution in [-0.4, -0.2) is 38.6 Å². The Morgan fingerprint density at radius 2 is 2.09 bits per heavy atom. The topological polar surface area (TPSA) is 122 Å². The van der Waals surface area contributed by atoms with Crippen LogP contribution in [0.2, 0.25) is 0 Å². The maximum absolute atomic E-state index is 10.2. The quantitative estimate of drug-likeness (QED) is 0.145. The van der Waals surface area contributed by atoms with Gasteiger partial charge in [0.2, 0.25) is 0 Å². The average Bonchev–Trinajstić information content (AvgIpc) is 2.86. The Hall–Kier alpha value is -3.52. The first-order chi connectivity index (χ1) is 16.0. The number of nitrogens with two attached hydrogens (primary N) is 1. The van der Waals surface area contributed by atoms with Crippen LogP contribution in [0.3, 0.4) is 0 Å². The standard InChI is InChI=1S/C20H25N5O.C5H10O2.H2/c1-3-6-18-15(2)26-14-13-23-12-5-4-7-19(18)16-8-10-17(11-9-16)20(21)24-25-22;1-3-4-5(6)7-2;/h3,6-11,23H,1-2,4-5,12-14H2,(H3,21,22,24);3-4H2,1-2H3;1H/b18-6+,19-7-;;. The SMILES string of the molecule is C=C/C=C1C(=C)OCCNCCC/C=C\1c1ccc(C(=N)N=NN)cc1.CCCC(=O)OC.[HH]. The Morgan fingerprint density at radius 3 is 2.67 bits per heavy atom. The lowest BCUT2D eigenvalue weighted by Crippen LogP contribution is -2.20. The smallest absolute Gasteiger partial charge is 0.305 e. The van der Waals surface area contributed by atoms with Gasteiger partial charge in [-0.3, -0.25) is 10.2 Å². The first-order valence-electron chi connectivity index (χ1n) is 10.9. The molecule has 0 saturated heterocycles. The van der Waals surface area contributed by atoms with E-state index >= 15 is 0 Å². The highest BCUT2D eigenvalue weighted by Gasteiger charge is 2.13. The fraction of sp³-hybridized carbons (Fsp3) is 0.360. The highest BCUT2D eigenvalue weighted by atomic mass is 16.5. The maximum Gasteiger partial charge on any atom is 0.305 e. The molecule has 0 unspecified atom stereocenters. The fourth-order valence-corrected chi connectivity index (χ4v) is 2.99. The van der Waals surface area contributed by atoms with Crippen LogP contribution in [0, 0.1) is 5.41 Å². The van der Waals surface area contributed by atoms with Crippen molar-refractivity contribution in [2.24, 2.45) is 16.2 Å². The van der Waals surface area contributed by atoms with Crippen molar-refractivity contribution < 1.29 is 15.7 Å². The fourth-order valence-electron chi connectivity index (χ4n) is 2.99. The molecule has 0 amide bonds. The summed E-state index contributed by atoms with van der Waals surface area (Å²) in [6, 6.07) is 7.55. The molecule has 0 atom stereocenters. The van der Waals surface area contributed by atoms with Crippen molar-refractivity contribution in [3.8, 4) is 0 Å². The summed E-state index contributed by atoms with van der Waals surface area (Å²) in [6.07, 6.45) is 9.22. The zero-order valence-electron chi connectivity index (χ0n) is 19.6. The molecule has 0 aromatic heterocycles. The van der Waals surface area contributed by atoms with Gasteiger partial charge in [0.05, 0.1) is 7.11 Å². The summed E-state index contributed by atoms with van der Waals surface area (Å²) in [5.41, 5.74) is 3.60. The minimum atomic E-state index is -0.123. The zero-order valence-corrected chi connectivity index (χ0v) is 19.6. The van der Waals surface area contributed by atoms with Crippen LogP contribution in [0.1, 0.15) is 45.2 Å². The van der Waals surface area contributed by atoms with E-state index in [4.69, 9.17) is 16.0 Å². The molecule has 0 aliphatic carbocycles. The number of rotatable bonds is 5. The second-order valence-corrected chi connectivity index (χ2v) is 7.07. The van der Waals surface area contributed by atoms with E-state index in [-0.39, 0.29) is 13.2 Å². The molecule has 8 heteroatoms. The van der Waals surface area contributed by atoms with Gasteiger partial charge in [0.25, 0.3) is 0 Å². The number of nitrogens with one attached hydrogen (secondary N) is 2. The molecule has 0 spiro atoms. The number of ether oxygens (including phenoxy) is 2. The largest absolute Gasteiger partial charge is 0.492 e. The van der Waals surface area contributed by atoms with Crippen LogP contribution in [0.25, 0.3) is 5.57 Å². The average molecular weight is 456 g/mol. The van der Waals surface area contributed by atoms with Crippen LogP contribution >= 0.6 is 0 Å². The van der Waals surface area contributed by atoms with Gasteiger partial charge in [0, 0.05) is 25.5 Å². The molecule has 1 aliphatic rings. The van der Waals surface area contributed by atoms with Crippen molar-refractivity contribution >= 4 is 17.4 Å². The van der Waals surface area contributed by atoms with Crippen molar-refractivity contribution in [1.82, 2.24) is 5.32 Å². The second kappa shape index (κ2) is 16.2. The highest BCUT2D eigenvalue weighted by Crippen LogP contribution is 2.30. The summed E-state index contributed by atoms with van der Waals surface area (Å²) in [7, 11) is 1.40. The number of methoxy groups -OCH3 is 1. The van der Waals surface area contributed by atoms with Crippen LogP contribution in [0.15, 0.2) is 77.3 Å². The Balaban J connectivity index is 0.00000119. The monoisotopic (exact) mass is 455 g/mol. The van der Waals surface area contributed by atoms with Crippen molar-refractivity contribution in [1.29, 1.82) is 5.41 Å². The van der Waals surface area contributed by atoms with Gasteiger partial charge < -0.3 is 20.6 Å². The number of carbonyl (C=O) groups is 1. The molecule has 0 radical (unpaired) electrons. The number of hydrogen-bond donors (Lipinski definition) is 3. The summed E-state index contributed by atoms with van der Waals surface area (Å²) >= 11 is 0. The Kier molecular flexibility index (Phi) is 13.5. The number of carbonyl (C=O) groups excluding carboxylic acids is 1. The molecular formula is C25H37N5O3. The second-order valence-electron chi connectivity index (χ2n) is 7.07. The number of nitrogens with zero attached hydrogens (tertiary/aromatic N) is 2. The van der Waals surface area contributed by atoms with Crippen LogP contribution in [0.5, 0.6) is 0 Å². The van der Waals surface area contributed by atoms with Gasteiger partial charge in [0.15, 0.2) is 5.84 Å². The number of benzene rings is 1. The van der Waals surface area contributed by atoms with Gasteiger partial charge >= 0.3 is 5.97 Å². The lowest BCUT2D eigenvalue weighted by atomic mass is 9.94. The van der Waals surface area contributed by atoms with Gasteiger partial charge in [-0.15, -0.1) is 5.11 Å². The molecule has 0 saturated carbocycles. The van der Waals surface area contributed by atoms with Gasteiger partial charge in [-0.05, 0) is 36.9 Å². The van der Waals surface area contributed by atoms with Crippen LogP contribution < -0.4 is 11.2 Å². The molecular weight excluding hydrogens is 418 g/mol. The van der Waals surface area contributed by atoms with Gasteiger partial charge in [-0.25, -0.2) is 0 Å². The van der Waals surface area contributed by atoms with E-state index in [9.17, 15) is 4.79 Å². The van der Waals surface area contributed by atoms with E-state index in [2.05, 4.69) is 39.6 Å². The third-order valence-electron chi connectivity index (χ3n) is 4.65. The molecule has 1 heterocycles. The van der Waals surface area contributed by atoms with Gasteiger partial charge in [-0.2, -0.15) is 0 Å². The molecule has 33 heavy (non-hydrogen) atoms. The van der Waals surface area contributed by atoms with E-state index in [1.807, 2.05) is 37.3 Å². The molecule has 0 bridgehead atoms. The Bertz CT molecular complexity index is 892. The minimum Gasteiger partial charge on any atom is -0.492 e. The molecule has 1 aliphatic heterocycles. The molecule has 1 aromatic carbocycles. The normalized spacial score (nSPS) is 17.6. The van der Waals surface area contributed by atoms with Gasteiger partial charge in [-0.1, -0.05) is 67.8 Å². The van der Waals surface area contributed by atoms with Crippen molar-refractivity contribution in [2.45, 2.75) is 32.6 Å². The Morgan fingerprint density at radius 1 is 1.36 bits per heavy atom. The lowest BCUT2D eigenvalue weighted by molar-refractivity contribution is -0.140. The first kappa shape index (κ1) is 27.5. The molecule has 0 fully saturated rings. The van der Waals surface area contributed by atoms with Crippen molar-refractivity contribution in [3.05, 3.63) is 78.1 Å². The summed E-state index contributed by atoms with van der Waals surface area (Å²) in [6.45, 7) is 12.1. The summed E-state index contributed by atoms with van der Waals surface area (Å²) in [4.78, 5) is 10.2. The van der Waals surface area contributed by atoms with E-state index in [0.717, 1.165) is 49.1 Å². The summed E-state index contributed by atoms with van der Waals surface area (Å²) in [5, 5.41) is 17.9. The number of hydrogen-bond acceptors (Lipinski definition) is 6. The predicted molar refractivity (Wildman–Crippen MR) is 135 cm³/mol. The first-order valence-corrected chi connectivity index (χ1v) is 10.9.